The molecule has 192 valence electrons. The molecule has 1 aromatic heterocycles. The van der Waals surface area contributed by atoms with Crippen molar-refractivity contribution in [3.05, 3.63) is 70.7 Å². The predicted octanol–water partition coefficient (Wildman–Crippen LogP) is 2.84. The van der Waals surface area contributed by atoms with Gasteiger partial charge in [0.25, 0.3) is 5.88 Å². The number of aliphatic hydroxyl groups is 1. The second-order valence-corrected chi connectivity index (χ2v) is 7.99. The molecule has 3 aromatic rings. The first-order valence-corrected chi connectivity index (χ1v) is 11.1. The molecular weight excluding hydrogens is 497 g/mol. The molecule has 2 aromatic carbocycles. The van der Waals surface area contributed by atoms with E-state index in [2.05, 4.69) is 10.6 Å². The summed E-state index contributed by atoms with van der Waals surface area (Å²) in [4.78, 5) is 24.7. The molecule has 36 heavy (non-hydrogen) atoms. The fourth-order valence-corrected chi connectivity index (χ4v) is 3.32. The molecule has 1 heterocycles. The van der Waals surface area contributed by atoms with E-state index in [9.17, 15) is 19.1 Å². The minimum Gasteiger partial charge on any atom is -0.479 e. The third-order valence-corrected chi connectivity index (χ3v) is 5.18. The lowest BCUT2D eigenvalue weighted by Gasteiger charge is -2.24. The van der Waals surface area contributed by atoms with Crippen LogP contribution in [0.2, 0.25) is 5.02 Å². The zero-order valence-corrected chi connectivity index (χ0v) is 20.3. The number of amides is 1. The third-order valence-electron chi connectivity index (χ3n) is 4.95. The molecule has 0 fully saturated rings. The normalized spacial score (nSPS) is 11.8. The van der Waals surface area contributed by atoms with Crippen LogP contribution in [0.15, 0.2) is 53.1 Å². The summed E-state index contributed by atoms with van der Waals surface area (Å²) in [6.45, 7) is -0.0742. The zero-order chi connectivity index (χ0) is 26.1. The lowest BCUT2D eigenvalue weighted by Crippen LogP contribution is -2.47. The molecule has 10 nitrogen and oxygen atoms in total. The Kier molecular flexibility index (Phi) is 9.77. The van der Waals surface area contributed by atoms with Crippen molar-refractivity contribution in [3.8, 4) is 17.0 Å². The molecular formula is C24H25ClFN3O7. The van der Waals surface area contributed by atoms with Crippen LogP contribution in [0.25, 0.3) is 11.1 Å². The van der Waals surface area contributed by atoms with Gasteiger partial charge in [-0.05, 0) is 34.5 Å². The van der Waals surface area contributed by atoms with Gasteiger partial charge in [0.05, 0.1) is 26.3 Å². The number of esters is 1. The van der Waals surface area contributed by atoms with E-state index in [1.807, 2.05) is 0 Å². The Labute approximate surface area is 211 Å². The van der Waals surface area contributed by atoms with Gasteiger partial charge < -0.3 is 23.8 Å². The highest BCUT2D eigenvalue weighted by atomic mass is 35.5. The van der Waals surface area contributed by atoms with Crippen molar-refractivity contribution >= 4 is 23.5 Å². The van der Waals surface area contributed by atoms with Crippen LogP contribution in [0.5, 0.6) is 5.88 Å². The van der Waals surface area contributed by atoms with Crippen molar-refractivity contribution in [1.82, 2.24) is 15.6 Å². The second-order valence-electron chi connectivity index (χ2n) is 7.55. The van der Waals surface area contributed by atoms with E-state index >= 15 is 0 Å². The van der Waals surface area contributed by atoms with Gasteiger partial charge in [0.2, 0.25) is 5.76 Å². The summed E-state index contributed by atoms with van der Waals surface area (Å²) in [6, 6.07) is 12.4. The number of ether oxygens (including phenoxy) is 3. The summed E-state index contributed by atoms with van der Waals surface area (Å²) in [5.41, 5.74) is 4.20. The lowest BCUT2D eigenvalue weighted by atomic mass is 10.0. The Morgan fingerprint density at radius 2 is 1.92 bits per heavy atom. The standard InChI is InChI=1S/C24H25ClFN3O7/c1-33-9-10-35-24(32)20(30)14-29(27-23(31)21-12-22(34-2)28-36-21)13-15-3-5-16(6-4-15)18-11-17(25)7-8-19(18)26/h3-8,11-12,20,30H,9-10,13-14H2,1-2H3,(H,27,31). The Balaban J connectivity index is 1.74. The third kappa shape index (κ3) is 7.49. The quantitative estimate of drug-likeness (QED) is 0.210. The molecule has 0 aliphatic carbocycles. The first kappa shape index (κ1) is 27.1. The van der Waals surface area contributed by atoms with Crippen LogP contribution in [0.4, 0.5) is 4.39 Å². The molecule has 3 rings (SSSR count). The molecule has 0 bridgehead atoms. The van der Waals surface area contributed by atoms with Gasteiger partial charge in [-0.15, -0.1) is 0 Å². The largest absolute Gasteiger partial charge is 0.479 e. The van der Waals surface area contributed by atoms with Crippen molar-refractivity contribution in [3.63, 3.8) is 0 Å². The van der Waals surface area contributed by atoms with Gasteiger partial charge in [-0.2, -0.15) is 0 Å². The molecule has 1 unspecified atom stereocenters. The number of halogens is 2. The molecule has 1 atom stereocenters. The summed E-state index contributed by atoms with van der Waals surface area (Å²) in [5.74, 6) is -2.00. The van der Waals surface area contributed by atoms with E-state index < -0.39 is 23.8 Å². The maximum atomic E-state index is 14.2. The van der Waals surface area contributed by atoms with E-state index in [1.54, 1.807) is 24.3 Å². The minimum atomic E-state index is -1.56. The fourth-order valence-electron chi connectivity index (χ4n) is 3.14. The molecule has 0 saturated heterocycles. The number of hydrogen-bond donors (Lipinski definition) is 2. The van der Waals surface area contributed by atoms with Gasteiger partial charge in [-0.3, -0.25) is 10.2 Å². The minimum absolute atomic E-state index is 0.0296. The SMILES string of the molecule is COCCOC(=O)C(O)CN(Cc1ccc(-c2cc(Cl)ccc2F)cc1)NC(=O)c1cc(OC)no1. The average molecular weight is 522 g/mol. The Morgan fingerprint density at radius 1 is 1.17 bits per heavy atom. The van der Waals surface area contributed by atoms with Gasteiger partial charge >= 0.3 is 11.9 Å². The second kappa shape index (κ2) is 13.0. The highest BCUT2D eigenvalue weighted by Crippen LogP contribution is 2.26. The van der Waals surface area contributed by atoms with Crippen molar-refractivity contribution < 1.29 is 37.8 Å². The maximum absolute atomic E-state index is 14.2. The van der Waals surface area contributed by atoms with Crippen LogP contribution in [0.1, 0.15) is 16.1 Å². The number of aliphatic hydroxyl groups excluding tert-OH is 1. The van der Waals surface area contributed by atoms with Gasteiger partial charge in [-0.25, -0.2) is 14.2 Å². The number of hydrogen-bond acceptors (Lipinski definition) is 9. The van der Waals surface area contributed by atoms with Crippen LogP contribution in [0, 0.1) is 5.82 Å². The molecule has 0 aliphatic rings. The number of nitrogens with one attached hydrogen (secondary N) is 1. The van der Waals surface area contributed by atoms with Crippen molar-refractivity contribution in [1.29, 1.82) is 0 Å². The van der Waals surface area contributed by atoms with Crippen molar-refractivity contribution in [2.24, 2.45) is 0 Å². The van der Waals surface area contributed by atoms with Crippen molar-refractivity contribution in [2.45, 2.75) is 12.6 Å². The lowest BCUT2D eigenvalue weighted by molar-refractivity contribution is -0.156. The number of carbonyl (C=O) groups excluding carboxylic acids is 2. The topological polar surface area (TPSA) is 123 Å². The fraction of sp³-hybridized carbons (Fsp3) is 0.292. The van der Waals surface area contributed by atoms with Crippen LogP contribution in [0.3, 0.4) is 0 Å². The highest BCUT2D eigenvalue weighted by Gasteiger charge is 2.24. The molecule has 0 aliphatic heterocycles. The number of rotatable bonds is 12. The van der Waals surface area contributed by atoms with Crippen LogP contribution in [-0.4, -0.2) is 67.2 Å². The van der Waals surface area contributed by atoms with Crippen LogP contribution < -0.4 is 10.2 Å². The summed E-state index contributed by atoms with van der Waals surface area (Å²) in [6.07, 6.45) is -1.56. The summed E-state index contributed by atoms with van der Waals surface area (Å²) in [5, 5.41) is 15.6. The van der Waals surface area contributed by atoms with Gasteiger partial charge in [0, 0.05) is 24.2 Å². The summed E-state index contributed by atoms with van der Waals surface area (Å²) in [7, 11) is 2.82. The van der Waals surface area contributed by atoms with Gasteiger partial charge in [-0.1, -0.05) is 35.9 Å². The van der Waals surface area contributed by atoms with Crippen molar-refractivity contribution in [2.75, 3.05) is 34.0 Å². The number of hydrazine groups is 1. The van der Waals surface area contributed by atoms with E-state index in [1.165, 1.54) is 43.5 Å². The number of carbonyl (C=O) groups is 2. The Morgan fingerprint density at radius 3 is 2.58 bits per heavy atom. The number of methoxy groups -OCH3 is 2. The summed E-state index contributed by atoms with van der Waals surface area (Å²) >= 11 is 5.99. The van der Waals surface area contributed by atoms with Gasteiger partial charge in [0.15, 0.2) is 6.10 Å². The molecule has 2 N–H and O–H groups in total. The molecule has 12 heteroatoms. The number of nitrogens with zero attached hydrogens (tertiary/aromatic N) is 2. The van der Waals surface area contributed by atoms with E-state index in [4.69, 9.17) is 30.3 Å². The molecule has 0 radical (unpaired) electrons. The molecule has 1 amide bonds. The number of benzene rings is 2. The predicted molar refractivity (Wildman–Crippen MR) is 127 cm³/mol. The zero-order valence-electron chi connectivity index (χ0n) is 19.6. The highest BCUT2D eigenvalue weighted by molar-refractivity contribution is 6.30. The Hall–Kier alpha value is -3.51. The number of aromatic nitrogens is 1. The van der Waals surface area contributed by atoms with Crippen LogP contribution in [-0.2, 0) is 20.8 Å². The average Bonchev–Trinajstić information content (AvgIpc) is 3.36. The molecule has 0 saturated carbocycles. The summed E-state index contributed by atoms with van der Waals surface area (Å²) < 4.78 is 33.8. The first-order valence-electron chi connectivity index (χ1n) is 10.8. The van der Waals surface area contributed by atoms with E-state index in [0.717, 1.165) is 0 Å². The maximum Gasteiger partial charge on any atom is 0.336 e. The van der Waals surface area contributed by atoms with E-state index in [-0.39, 0.29) is 37.9 Å². The van der Waals surface area contributed by atoms with E-state index in [0.29, 0.717) is 21.7 Å². The molecule has 0 spiro atoms. The Bertz CT molecular complexity index is 1170. The smallest absolute Gasteiger partial charge is 0.336 e. The first-order chi connectivity index (χ1) is 17.3. The van der Waals surface area contributed by atoms with Gasteiger partial charge in [0.1, 0.15) is 12.4 Å². The monoisotopic (exact) mass is 521 g/mol. The van der Waals surface area contributed by atoms with Crippen LogP contribution >= 0.6 is 11.6 Å².